The van der Waals surface area contributed by atoms with Gasteiger partial charge in [-0.05, 0) is 12.5 Å². The number of aromatic nitrogens is 2. The van der Waals surface area contributed by atoms with Crippen LogP contribution in [-0.4, -0.2) is 27.8 Å². The second-order valence-electron chi connectivity index (χ2n) is 2.90. The Morgan fingerprint density at radius 3 is 3.00 bits per heavy atom. The minimum atomic E-state index is -0.525. The van der Waals surface area contributed by atoms with E-state index in [4.69, 9.17) is 0 Å². The minimum absolute atomic E-state index is 0.525. The van der Waals surface area contributed by atoms with Crippen LogP contribution in [0.3, 0.4) is 0 Å². The molecule has 0 amide bonds. The molecule has 0 radical (unpaired) electrons. The zero-order chi connectivity index (χ0) is 10.4. The lowest BCUT2D eigenvalue weighted by atomic mass is 10.3. The first-order chi connectivity index (χ1) is 6.79. The van der Waals surface area contributed by atoms with E-state index in [0.717, 1.165) is 0 Å². The minimum Gasteiger partial charge on any atom is -0.374 e. The van der Waals surface area contributed by atoms with Gasteiger partial charge in [0.15, 0.2) is 0 Å². The summed E-state index contributed by atoms with van der Waals surface area (Å²) in [5.74, 6) is 0.717. The van der Waals surface area contributed by atoms with Crippen molar-refractivity contribution in [2.45, 2.75) is 19.6 Å². The summed E-state index contributed by atoms with van der Waals surface area (Å²) in [6.45, 7) is 6.14. The van der Waals surface area contributed by atoms with Gasteiger partial charge in [-0.1, -0.05) is 13.0 Å². The third kappa shape index (κ3) is 2.53. The summed E-state index contributed by atoms with van der Waals surface area (Å²) in [6.07, 6.45) is 4.98. The number of aliphatic hydroxyl groups excluding tert-OH is 1. The zero-order valence-corrected chi connectivity index (χ0v) is 8.30. The smallest absolute Gasteiger partial charge is 0.134 e. The van der Waals surface area contributed by atoms with Crippen LogP contribution in [0.25, 0.3) is 0 Å². The van der Waals surface area contributed by atoms with E-state index in [2.05, 4.69) is 16.5 Å². The molecule has 1 aromatic rings. The van der Waals surface area contributed by atoms with Gasteiger partial charge in [-0.2, -0.15) is 0 Å². The fourth-order valence-electron chi connectivity index (χ4n) is 1.18. The molecule has 0 fully saturated rings. The van der Waals surface area contributed by atoms with Crippen LogP contribution in [0, 0.1) is 0 Å². The first kappa shape index (κ1) is 10.7. The van der Waals surface area contributed by atoms with Crippen molar-refractivity contribution in [2.24, 2.45) is 0 Å². The number of hydrogen-bond donors (Lipinski definition) is 1. The number of rotatable bonds is 5. The number of hydrogen-bond acceptors (Lipinski definition) is 4. The van der Waals surface area contributed by atoms with Gasteiger partial charge in [-0.25, -0.2) is 9.97 Å². The van der Waals surface area contributed by atoms with E-state index in [9.17, 15) is 5.11 Å². The average molecular weight is 193 g/mol. The molecule has 1 unspecified atom stereocenters. The maximum absolute atomic E-state index is 9.72. The van der Waals surface area contributed by atoms with Gasteiger partial charge < -0.3 is 10.0 Å². The normalized spacial score (nSPS) is 12.1. The quantitative estimate of drug-likeness (QED) is 0.564. The lowest BCUT2D eigenvalue weighted by Crippen LogP contribution is -2.35. The van der Waals surface area contributed by atoms with Crippen LogP contribution in [0.1, 0.15) is 13.3 Å². The summed E-state index contributed by atoms with van der Waals surface area (Å²) >= 11 is 0. The number of nitrogens with zero attached hydrogens (tertiary/aromatic N) is 3. The van der Waals surface area contributed by atoms with Gasteiger partial charge in [-0.15, -0.1) is 6.58 Å². The van der Waals surface area contributed by atoms with Crippen LogP contribution in [0.4, 0.5) is 5.82 Å². The Labute approximate surface area is 83.9 Å². The zero-order valence-electron chi connectivity index (χ0n) is 8.30. The molecule has 1 aromatic heterocycles. The van der Waals surface area contributed by atoms with Gasteiger partial charge in [0.25, 0.3) is 0 Å². The largest absolute Gasteiger partial charge is 0.374 e. The topological polar surface area (TPSA) is 49.2 Å². The highest BCUT2D eigenvalue weighted by Gasteiger charge is 2.13. The third-order valence-electron chi connectivity index (χ3n) is 1.91. The maximum atomic E-state index is 9.72. The predicted molar refractivity (Wildman–Crippen MR) is 55.9 cm³/mol. The van der Waals surface area contributed by atoms with Crippen molar-refractivity contribution in [1.82, 2.24) is 9.97 Å². The van der Waals surface area contributed by atoms with E-state index in [1.165, 1.54) is 6.33 Å². The highest BCUT2D eigenvalue weighted by Crippen LogP contribution is 2.12. The van der Waals surface area contributed by atoms with Crippen LogP contribution in [-0.2, 0) is 0 Å². The molecule has 0 aliphatic heterocycles. The molecule has 0 saturated carbocycles. The Bertz CT molecular complexity index is 276. The summed E-state index contributed by atoms with van der Waals surface area (Å²) in [4.78, 5) is 9.67. The van der Waals surface area contributed by atoms with Crippen molar-refractivity contribution < 1.29 is 5.11 Å². The van der Waals surface area contributed by atoms with Crippen molar-refractivity contribution in [3.05, 3.63) is 31.2 Å². The molecule has 76 valence electrons. The van der Waals surface area contributed by atoms with Crippen LogP contribution in [0.2, 0.25) is 0 Å². The lowest BCUT2D eigenvalue weighted by molar-refractivity contribution is 0.166. The van der Waals surface area contributed by atoms with Crippen molar-refractivity contribution >= 4 is 5.82 Å². The molecule has 1 rings (SSSR count). The molecule has 1 heterocycles. The second-order valence-corrected chi connectivity index (χ2v) is 2.90. The van der Waals surface area contributed by atoms with Gasteiger partial charge in [0.05, 0.1) is 0 Å². The molecule has 0 bridgehead atoms. The first-order valence-corrected chi connectivity index (χ1v) is 4.61. The van der Waals surface area contributed by atoms with Crippen molar-refractivity contribution in [1.29, 1.82) is 0 Å². The molecule has 1 atom stereocenters. The van der Waals surface area contributed by atoms with E-state index < -0.39 is 6.23 Å². The summed E-state index contributed by atoms with van der Waals surface area (Å²) in [7, 11) is 0. The Kier molecular flexibility index (Phi) is 4.07. The van der Waals surface area contributed by atoms with E-state index in [0.29, 0.717) is 18.8 Å². The van der Waals surface area contributed by atoms with Gasteiger partial charge in [0.2, 0.25) is 0 Å². The van der Waals surface area contributed by atoms with Gasteiger partial charge in [-0.3, -0.25) is 0 Å². The molecular formula is C10H15N3O. The van der Waals surface area contributed by atoms with Crippen LogP contribution >= 0.6 is 0 Å². The van der Waals surface area contributed by atoms with E-state index in [-0.39, 0.29) is 0 Å². The first-order valence-electron chi connectivity index (χ1n) is 4.61. The molecule has 4 nitrogen and oxygen atoms in total. The predicted octanol–water partition coefficient (Wildman–Crippen LogP) is 1.20. The lowest BCUT2D eigenvalue weighted by Gasteiger charge is -2.26. The molecule has 1 N–H and O–H groups in total. The molecule has 0 aliphatic carbocycles. The second kappa shape index (κ2) is 5.34. The molecule has 0 aromatic carbocycles. The Hall–Kier alpha value is -1.42. The summed E-state index contributed by atoms with van der Waals surface area (Å²) in [5, 5.41) is 9.72. The molecule has 0 aliphatic rings. The van der Waals surface area contributed by atoms with Gasteiger partial charge in [0, 0.05) is 12.7 Å². The van der Waals surface area contributed by atoms with Crippen molar-refractivity contribution in [3.8, 4) is 0 Å². The molecule has 0 saturated heterocycles. The van der Waals surface area contributed by atoms with Crippen molar-refractivity contribution in [3.63, 3.8) is 0 Å². The fraction of sp³-hybridized carbons (Fsp3) is 0.400. The van der Waals surface area contributed by atoms with Gasteiger partial charge >= 0.3 is 0 Å². The molecule has 0 spiro atoms. The standard InChI is InChI=1S/C10H15N3O/c1-3-7-13(10(14)4-2)9-5-6-11-8-12-9/h3,5-6,8,10,14H,1,4,7H2,2H3. The maximum Gasteiger partial charge on any atom is 0.134 e. The number of aliphatic hydroxyl groups is 1. The van der Waals surface area contributed by atoms with Crippen LogP contribution < -0.4 is 4.90 Å². The SMILES string of the molecule is C=CCN(c1ccncn1)C(O)CC. The molecule has 4 heteroatoms. The highest BCUT2D eigenvalue weighted by atomic mass is 16.3. The Morgan fingerprint density at radius 2 is 2.50 bits per heavy atom. The van der Waals surface area contributed by atoms with E-state index >= 15 is 0 Å². The van der Waals surface area contributed by atoms with Gasteiger partial charge in [0.1, 0.15) is 18.4 Å². The third-order valence-corrected chi connectivity index (χ3v) is 1.91. The number of anilines is 1. The van der Waals surface area contributed by atoms with Crippen LogP contribution in [0.15, 0.2) is 31.2 Å². The van der Waals surface area contributed by atoms with Crippen LogP contribution in [0.5, 0.6) is 0 Å². The van der Waals surface area contributed by atoms with Crippen molar-refractivity contribution in [2.75, 3.05) is 11.4 Å². The summed E-state index contributed by atoms with van der Waals surface area (Å²) in [5.41, 5.74) is 0. The molecule has 14 heavy (non-hydrogen) atoms. The van der Waals surface area contributed by atoms with E-state index in [1.807, 2.05) is 6.92 Å². The fourth-order valence-corrected chi connectivity index (χ4v) is 1.18. The summed E-state index contributed by atoms with van der Waals surface area (Å²) in [6, 6.07) is 1.77. The van der Waals surface area contributed by atoms with E-state index in [1.54, 1.807) is 23.2 Å². The monoisotopic (exact) mass is 193 g/mol. The highest BCUT2D eigenvalue weighted by molar-refractivity contribution is 5.37. The molecular weight excluding hydrogens is 178 g/mol. The Balaban J connectivity index is 2.82. The summed E-state index contributed by atoms with van der Waals surface area (Å²) < 4.78 is 0. The Morgan fingerprint density at radius 1 is 1.71 bits per heavy atom. The average Bonchev–Trinajstić information content (AvgIpc) is 2.26.